The summed E-state index contributed by atoms with van der Waals surface area (Å²) in [6.45, 7) is 2.34. The van der Waals surface area contributed by atoms with Crippen molar-refractivity contribution in [2.24, 2.45) is 17.8 Å². The van der Waals surface area contributed by atoms with Crippen LogP contribution in [0.1, 0.15) is 32.6 Å². The highest BCUT2D eigenvalue weighted by Crippen LogP contribution is 2.49. The van der Waals surface area contributed by atoms with E-state index in [1.165, 1.54) is 25.7 Å². The molecule has 2 bridgehead atoms. The smallest absolute Gasteiger partial charge is 0.00667 e. The molecule has 2 aliphatic rings. The van der Waals surface area contributed by atoms with Gasteiger partial charge in [0, 0.05) is 6.04 Å². The van der Waals surface area contributed by atoms with Gasteiger partial charge in [-0.15, -0.1) is 0 Å². The molecule has 0 aromatic carbocycles. The summed E-state index contributed by atoms with van der Waals surface area (Å²) in [4.78, 5) is 0. The molecule has 2 rings (SSSR count). The molecule has 0 unspecified atom stereocenters. The van der Waals surface area contributed by atoms with Crippen LogP contribution in [0.2, 0.25) is 0 Å². The molecule has 4 atom stereocenters. The molecule has 0 aliphatic heterocycles. The molecule has 1 N–H and O–H groups in total. The summed E-state index contributed by atoms with van der Waals surface area (Å²) >= 11 is 0. The van der Waals surface area contributed by atoms with Crippen LogP contribution in [0.15, 0.2) is 0 Å². The summed E-state index contributed by atoms with van der Waals surface area (Å²) < 4.78 is 0. The van der Waals surface area contributed by atoms with Gasteiger partial charge in [0.2, 0.25) is 0 Å². The molecule has 11 heavy (non-hydrogen) atoms. The van der Waals surface area contributed by atoms with Crippen molar-refractivity contribution in [3.8, 4) is 0 Å². The van der Waals surface area contributed by atoms with Crippen molar-refractivity contribution in [1.82, 2.24) is 5.32 Å². The normalized spacial score (nSPS) is 44.7. The highest BCUT2D eigenvalue weighted by molar-refractivity contribution is 4.93. The lowest BCUT2D eigenvalue weighted by atomic mass is 9.84. The fourth-order valence-corrected chi connectivity index (χ4v) is 3.12. The topological polar surface area (TPSA) is 12.0 Å². The Morgan fingerprint density at radius 2 is 2.09 bits per heavy atom. The number of nitrogens with one attached hydrogen (secondary N) is 1. The molecule has 0 aromatic rings. The molecule has 2 fully saturated rings. The molecule has 2 aliphatic carbocycles. The van der Waals surface area contributed by atoms with Crippen molar-refractivity contribution >= 4 is 0 Å². The quantitative estimate of drug-likeness (QED) is 0.640. The standard InChI is InChI=1S/C10H19N/c1-7(11-2)10-6-8-3-4-9(10)5-8/h7-11H,3-6H2,1-2H3/t7-,8-,9-,10-/m0/s1. The third-order valence-corrected chi connectivity index (χ3v) is 3.89. The van der Waals surface area contributed by atoms with Crippen LogP contribution >= 0.6 is 0 Å². The first kappa shape index (κ1) is 7.60. The van der Waals surface area contributed by atoms with E-state index in [1.54, 1.807) is 0 Å². The first-order chi connectivity index (χ1) is 5.31. The van der Waals surface area contributed by atoms with Crippen LogP contribution in [-0.2, 0) is 0 Å². The molecule has 2 saturated carbocycles. The zero-order valence-corrected chi connectivity index (χ0v) is 7.64. The van der Waals surface area contributed by atoms with Crippen molar-refractivity contribution in [3.63, 3.8) is 0 Å². The average molecular weight is 153 g/mol. The second-order valence-corrected chi connectivity index (χ2v) is 4.42. The SMILES string of the molecule is CN[C@@H](C)[C@@H]1C[C@H]2CC[C@H]1C2. The molecule has 0 spiro atoms. The summed E-state index contributed by atoms with van der Waals surface area (Å²) in [6, 6.07) is 0.755. The van der Waals surface area contributed by atoms with Crippen molar-refractivity contribution < 1.29 is 0 Å². The largest absolute Gasteiger partial charge is 0.317 e. The van der Waals surface area contributed by atoms with Crippen LogP contribution in [0.3, 0.4) is 0 Å². The van der Waals surface area contributed by atoms with E-state index in [2.05, 4.69) is 19.3 Å². The minimum Gasteiger partial charge on any atom is -0.317 e. The maximum Gasteiger partial charge on any atom is 0.00667 e. The molecular formula is C10H19N. The second kappa shape index (κ2) is 2.78. The fourth-order valence-electron chi connectivity index (χ4n) is 3.12. The number of rotatable bonds is 2. The Bertz CT molecular complexity index is 144. The zero-order valence-electron chi connectivity index (χ0n) is 7.64. The maximum atomic E-state index is 3.39. The lowest BCUT2D eigenvalue weighted by Crippen LogP contribution is -2.33. The van der Waals surface area contributed by atoms with Gasteiger partial charge in [0.05, 0.1) is 0 Å². The molecule has 0 amide bonds. The van der Waals surface area contributed by atoms with Gasteiger partial charge in [-0.2, -0.15) is 0 Å². The lowest BCUT2D eigenvalue weighted by molar-refractivity contribution is 0.269. The third-order valence-electron chi connectivity index (χ3n) is 3.89. The van der Waals surface area contributed by atoms with Crippen LogP contribution < -0.4 is 5.32 Å². The van der Waals surface area contributed by atoms with Gasteiger partial charge in [-0.25, -0.2) is 0 Å². The zero-order chi connectivity index (χ0) is 7.84. The van der Waals surface area contributed by atoms with Gasteiger partial charge >= 0.3 is 0 Å². The Morgan fingerprint density at radius 1 is 1.27 bits per heavy atom. The van der Waals surface area contributed by atoms with E-state index >= 15 is 0 Å². The number of fused-ring (bicyclic) bond motifs is 2. The van der Waals surface area contributed by atoms with Crippen LogP contribution in [0.4, 0.5) is 0 Å². The summed E-state index contributed by atoms with van der Waals surface area (Å²) in [6.07, 6.45) is 6.09. The summed E-state index contributed by atoms with van der Waals surface area (Å²) in [7, 11) is 2.09. The summed E-state index contributed by atoms with van der Waals surface area (Å²) in [5.74, 6) is 3.17. The third kappa shape index (κ3) is 1.20. The Morgan fingerprint density at radius 3 is 2.55 bits per heavy atom. The van der Waals surface area contributed by atoms with E-state index in [0.717, 1.165) is 23.8 Å². The first-order valence-corrected chi connectivity index (χ1v) is 4.98. The Kier molecular flexibility index (Phi) is 1.92. The molecule has 0 radical (unpaired) electrons. The van der Waals surface area contributed by atoms with Gasteiger partial charge in [-0.05, 0) is 51.0 Å². The van der Waals surface area contributed by atoms with E-state index in [4.69, 9.17) is 0 Å². The van der Waals surface area contributed by atoms with E-state index in [1.807, 2.05) is 0 Å². The van der Waals surface area contributed by atoms with Crippen LogP contribution in [0, 0.1) is 17.8 Å². The van der Waals surface area contributed by atoms with Crippen LogP contribution in [0.25, 0.3) is 0 Å². The van der Waals surface area contributed by atoms with Gasteiger partial charge in [-0.3, -0.25) is 0 Å². The molecule has 0 aromatic heterocycles. The van der Waals surface area contributed by atoms with Gasteiger partial charge in [0.1, 0.15) is 0 Å². The minimum absolute atomic E-state index is 0.755. The van der Waals surface area contributed by atoms with E-state index < -0.39 is 0 Å². The molecule has 1 heteroatoms. The lowest BCUT2D eigenvalue weighted by Gasteiger charge is -2.27. The molecule has 0 saturated heterocycles. The molecule has 0 heterocycles. The molecule has 64 valence electrons. The number of hydrogen-bond acceptors (Lipinski definition) is 1. The van der Waals surface area contributed by atoms with Crippen molar-refractivity contribution in [2.45, 2.75) is 38.6 Å². The fraction of sp³-hybridized carbons (Fsp3) is 1.00. The minimum atomic E-state index is 0.755. The molecular weight excluding hydrogens is 134 g/mol. The summed E-state index contributed by atoms with van der Waals surface area (Å²) in [5.41, 5.74) is 0. The van der Waals surface area contributed by atoms with Gasteiger partial charge in [0.25, 0.3) is 0 Å². The van der Waals surface area contributed by atoms with E-state index in [9.17, 15) is 0 Å². The van der Waals surface area contributed by atoms with Crippen LogP contribution in [-0.4, -0.2) is 13.1 Å². The molecule has 1 nitrogen and oxygen atoms in total. The van der Waals surface area contributed by atoms with Gasteiger partial charge in [0.15, 0.2) is 0 Å². The Balaban J connectivity index is 1.96. The van der Waals surface area contributed by atoms with Gasteiger partial charge in [-0.1, -0.05) is 6.42 Å². The Hall–Kier alpha value is -0.0400. The highest BCUT2D eigenvalue weighted by Gasteiger charge is 2.41. The maximum absolute atomic E-state index is 3.39. The first-order valence-electron chi connectivity index (χ1n) is 4.98. The predicted octanol–water partition coefficient (Wildman–Crippen LogP) is 2.03. The average Bonchev–Trinajstić information content (AvgIpc) is 2.62. The Labute approximate surface area is 69.6 Å². The second-order valence-electron chi connectivity index (χ2n) is 4.42. The monoisotopic (exact) mass is 153 g/mol. The van der Waals surface area contributed by atoms with Gasteiger partial charge < -0.3 is 5.32 Å². The number of hydrogen-bond donors (Lipinski definition) is 1. The van der Waals surface area contributed by atoms with Crippen LogP contribution in [0.5, 0.6) is 0 Å². The van der Waals surface area contributed by atoms with Crippen molar-refractivity contribution in [3.05, 3.63) is 0 Å². The van der Waals surface area contributed by atoms with Crippen molar-refractivity contribution in [2.75, 3.05) is 7.05 Å². The van der Waals surface area contributed by atoms with Crippen molar-refractivity contribution in [1.29, 1.82) is 0 Å². The summed E-state index contributed by atoms with van der Waals surface area (Å²) in [5, 5.41) is 3.39. The predicted molar refractivity (Wildman–Crippen MR) is 47.5 cm³/mol. The highest BCUT2D eigenvalue weighted by atomic mass is 14.9. The van der Waals surface area contributed by atoms with E-state index in [-0.39, 0.29) is 0 Å². The van der Waals surface area contributed by atoms with E-state index in [0.29, 0.717) is 0 Å².